The minimum absolute atomic E-state index is 0. The Kier molecular flexibility index (Phi) is 11.1. The molecule has 0 radical (unpaired) electrons. The van der Waals surface area contributed by atoms with Crippen molar-refractivity contribution < 1.29 is 9.53 Å². The van der Waals surface area contributed by atoms with Gasteiger partial charge in [0.15, 0.2) is 0 Å². The van der Waals surface area contributed by atoms with Gasteiger partial charge in [-0.1, -0.05) is 18.6 Å². The Bertz CT molecular complexity index is 529. The summed E-state index contributed by atoms with van der Waals surface area (Å²) in [4.78, 5) is 14.5. The maximum Gasteiger partial charge on any atom is 0.223 e. The molecule has 1 aromatic carbocycles. The molecule has 2 rings (SSSR count). The van der Waals surface area contributed by atoms with E-state index < -0.39 is 0 Å². The third-order valence-corrected chi connectivity index (χ3v) is 4.66. The average Bonchev–Trinajstić information content (AvgIpc) is 2.54. The number of ether oxygens (including phenoxy) is 1. The molecular formula is C18H31Cl2N3O2. The molecule has 1 aliphatic carbocycles. The predicted molar refractivity (Wildman–Crippen MR) is 107 cm³/mol. The van der Waals surface area contributed by atoms with Gasteiger partial charge in [0.1, 0.15) is 5.75 Å². The third kappa shape index (κ3) is 7.02. The summed E-state index contributed by atoms with van der Waals surface area (Å²) >= 11 is 0. The van der Waals surface area contributed by atoms with Gasteiger partial charge in [-0.15, -0.1) is 24.8 Å². The van der Waals surface area contributed by atoms with E-state index in [1.807, 2.05) is 32.3 Å². The Morgan fingerprint density at radius 3 is 2.68 bits per heavy atom. The molecule has 3 N–H and O–H groups in total. The van der Waals surface area contributed by atoms with Crippen LogP contribution in [0.2, 0.25) is 0 Å². The normalized spacial score (nSPS) is 20.8. The van der Waals surface area contributed by atoms with Gasteiger partial charge < -0.3 is 20.7 Å². The number of carbonyl (C=O) groups is 1. The molecule has 1 saturated carbocycles. The first-order valence-electron chi connectivity index (χ1n) is 8.35. The Morgan fingerprint density at radius 1 is 1.36 bits per heavy atom. The maximum atomic E-state index is 12.4. The van der Waals surface area contributed by atoms with Crippen molar-refractivity contribution in [3.8, 4) is 5.75 Å². The number of benzene rings is 1. The monoisotopic (exact) mass is 391 g/mol. The van der Waals surface area contributed by atoms with Crippen LogP contribution < -0.4 is 15.8 Å². The molecule has 3 atom stereocenters. The second-order valence-corrected chi connectivity index (χ2v) is 6.62. The van der Waals surface area contributed by atoms with E-state index in [0.29, 0.717) is 6.54 Å². The second kappa shape index (κ2) is 11.6. The van der Waals surface area contributed by atoms with E-state index in [1.54, 1.807) is 7.11 Å². The van der Waals surface area contributed by atoms with E-state index >= 15 is 0 Å². The molecule has 0 heterocycles. The molecule has 144 valence electrons. The summed E-state index contributed by atoms with van der Waals surface area (Å²) in [6.45, 7) is 0.588. The number of likely N-dealkylation sites (N-methyl/N-ethyl adjacent to an activating group) is 1. The van der Waals surface area contributed by atoms with E-state index in [-0.39, 0.29) is 48.7 Å². The van der Waals surface area contributed by atoms with Gasteiger partial charge in [0.2, 0.25) is 5.91 Å². The van der Waals surface area contributed by atoms with Crippen LogP contribution in [0.5, 0.6) is 5.75 Å². The fourth-order valence-corrected chi connectivity index (χ4v) is 3.25. The molecule has 1 fully saturated rings. The number of hydrogen-bond acceptors (Lipinski definition) is 4. The molecule has 0 aliphatic heterocycles. The number of hydrogen-bond donors (Lipinski definition) is 2. The molecule has 0 bridgehead atoms. The van der Waals surface area contributed by atoms with Crippen LogP contribution in [-0.2, 0) is 4.79 Å². The van der Waals surface area contributed by atoms with E-state index in [9.17, 15) is 4.79 Å². The van der Waals surface area contributed by atoms with Gasteiger partial charge in [-0.3, -0.25) is 4.79 Å². The highest BCUT2D eigenvalue weighted by molar-refractivity contribution is 5.85. The van der Waals surface area contributed by atoms with Crippen molar-refractivity contribution in [1.82, 2.24) is 10.2 Å². The van der Waals surface area contributed by atoms with Gasteiger partial charge in [-0.05, 0) is 51.1 Å². The predicted octanol–water partition coefficient (Wildman–Crippen LogP) is 2.78. The zero-order valence-electron chi connectivity index (χ0n) is 15.2. The lowest BCUT2D eigenvalue weighted by Gasteiger charge is -2.29. The van der Waals surface area contributed by atoms with Gasteiger partial charge in [-0.25, -0.2) is 0 Å². The highest BCUT2D eigenvalue weighted by Crippen LogP contribution is 2.25. The van der Waals surface area contributed by atoms with Gasteiger partial charge in [0.05, 0.1) is 13.2 Å². The highest BCUT2D eigenvalue weighted by Gasteiger charge is 2.26. The number of nitrogens with one attached hydrogen (secondary N) is 1. The van der Waals surface area contributed by atoms with Crippen LogP contribution in [0.25, 0.3) is 0 Å². The van der Waals surface area contributed by atoms with Crippen molar-refractivity contribution in [3.63, 3.8) is 0 Å². The van der Waals surface area contributed by atoms with Crippen molar-refractivity contribution in [2.45, 2.75) is 37.8 Å². The lowest BCUT2D eigenvalue weighted by molar-refractivity contribution is -0.126. The van der Waals surface area contributed by atoms with Crippen LogP contribution in [-0.4, -0.2) is 44.6 Å². The average molecular weight is 392 g/mol. The lowest BCUT2D eigenvalue weighted by atomic mass is 9.85. The number of rotatable bonds is 6. The van der Waals surface area contributed by atoms with Crippen LogP contribution >= 0.6 is 24.8 Å². The van der Waals surface area contributed by atoms with Crippen molar-refractivity contribution in [2.75, 3.05) is 27.7 Å². The lowest BCUT2D eigenvalue weighted by Crippen LogP contribution is -2.41. The molecule has 5 nitrogen and oxygen atoms in total. The van der Waals surface area contributed by atoms with E-state index in [0.717, 1.165) is 37.0 Å². The second-order valence-electron chi connectivity index (χ2n) is 6.62. The summed E-state index contributed by atoms with van der Waals surface area (Å²) in [5.74, 6) is 1.03. The first-order valence-corrected chi connectivity index (χ1v) is 8.35. The molecule has 7 heteroatoms. The number of nitrogens with zero attached hydrogens (tertiary/aromatic N) is 1. The number of nitrogens with two attached hydrogens (primary N) is 1. The van der Waals surface area contributed by atoms with Crippen LogP contribution in [0.4, 0.5) is 0 Å². The van der Waals surface area contributed by atoms with Crippen molar-refractivity contribution in [1.29, 1.82) is 0 Å². The van der Waals surface area contributed by atoms with Gasteiger partial charge >= 0.3 is 0 Å². The number of amides is 1. The topological polar surface area (TPSA) is 67.6 Å². The van der Waals surface area contributed by atoms with Gasteiger partial charge in [0, 0.05) is 18.5 Å². The summed E-state index contributed by atoms with van der Waals surface area (Å²) in [6.07, 6.45) is 3.84. The quantitative estimate of drug-likeness (QED) is 0.781. The number of halogens is 2. The first-order chi connectivity index (χ1) is 11.0. The fraction of sp³-hybridized carbons (Fsp3) is 0.611. The highest BCUT2D eigenvalue weighted by atomic mass is 35.5. The Balaban J connectivity index is 0.00000288. The minimum atomic E-state index is 0. The molecule has 1 aromatic rings. The molecule has 3 unspecified atom stereocenters. The van der Waals surface area contributed by atoms with Crippen LogP contribution in [0.1, 0.15) is 37.3 Å². The molecule has 0 spiro atoms. The van der Waals surface area contributed by atoms with E-state index in [4.69, 9.17) is 10.5 Å². The summed E-state index contributed by atoms with van der Waals surface area (Å²) in [5, 5.41) is 3.11. The van der Waals surface area contributed by atoms with E-state index in [1.165, 1.54) is 0 Å². The van der Waals surface area contributed by atoms with Crippen molar-refractivity contribution in [3.05, 3.63) is 29.8 Å². The zero-order valence-corrected chi connectivity index (χ0v) is 16.9. The zero-order chi connectivity index (χ0) is 16.8. The molecule has 1 aliphatic rings. The third-order valence-electron chi connectivity index (χ3n) is 4.66. The molecule has 0 saturated heterocycles. The summed E-state index contributed by atoms with van der Waals surface area (Å²) < 4.78 is 5.30. The molecule has 0 aromatic heterocycles. The van der Waals surface area contributed by atoms with Gasteiger partial charge in [-0.2, -0.15) is 0 Å². The molecular weight excluding hydrogens is 361 g/mol. The standard InChI is InChI=1S/C18H29N3O2.2ClH/c1-21(2)17(13-6-5-9-16(11-13)23-3)12-20-18(22)14-7-4-8-15(19)10-14;;/h5-6,9,11,14-15,17H,4,7-8,10,12,19H2,1-3H3,(H,20,22);2*1H. The first kappa shape index (κ1) is 24.0. The Hall–Kier alpha value is -1.01. The Labute approximate surface area is 163 Å². The summed E-state index contributed by atoms with van der Waals surface area (Å²) in [5.41, 5.74) is 7.12. The largest absolute Gasteiger partial charge is 0.497 e. The fourth-order valence-electron chi connectivity index (χ4n) is 3.25. The van der Waals surface area contributed by atoms with E-state index in [2.05, 4.69) is 16.3 Å². The maximum absolute atomic E-state index is 12.4. The smallest absolute Gasteiger partial charge is 0.223 e. The minimum Gasteiger partial charge on any atom is -0.497 e. The van der Waals surface area contributed by atoms with Crippen LogP contribution in [0.15, 0.2) is 24.3 Å². The molecule has 25 heavy (non-hydrogen) atoms. The SMILES string of the molecule is COc1cccc(C(CNC(=O)C2CCCC(N)C2)N(C)C)c1.Cl.Cl. The van der Waals surface area contributed by atoms with Crippen LogP contribution in [0.3, 0.4) is 0 Å². The summed E-state index contributed by atoms with van der Waals surface area (Å²) in [6, 6.07) is 8.28. The number of carbonyl (C=O) groups excluding carboxylic acids is 1. The van der Waals surface area contributed by atoms with Crippen molar-refractivity contribution >= 4 is 30.7 Å². The van der Waals surface area contributed by atoms with Gasteiger partial charge in [0.25, 0.3) is 0 Å². The molecule has 1 amide bonds. The van der Waals surface area contributed by atoms with Crippen molar-refractivity contribution in [2.24, 2.45) is 11.7 Å². The van der Waals surface area contributed by atoms with Crippen LogP contribution in [0, 0.1) is 5.92 Å². The summed E-state index contributed by atoms with van der Waals surface area (Å²) in [7, 11) is 5.71. The number of methoxy groups -OCH3 is 1. The Morgan fingerprint density at radius 2 is 2.08 bits per heavy atom.